The third kappa shape index (κ3) is 5.49. The SMILES string of the molecule is C=C1CC[C@@H](NC)C/C1=C/C=C1\CCC[C@@]2(C)C1CC[C@@H]2C(C)CCCC(C)(C)O. The maximum Gasteiger partial charge on any atom is 0.0591 e. The van der Waals surface area contributed by atoms with Gasteiger partial charge in [-0.2, -0.15) is 0 Å². The summed E-state index contributed by atoms with van der Waals surface area (Å²) in [5, 5.41) is 13.5. The molecule has 3 aliphatic rings. The van der Waals surface area contributed by atoms with E-state index in [1.807, 2.05) is 13.8 Å². The molecule has 0 aromatic heterocycles. The van der Waals surface area contributed by atoms with Crippen LogP contribution in [-0.2, 0) is 0 Å². The van der Waals surface area contributed by atoms with Crippen molar-refractivity contribution in [3.05, 3.63) is 35.5 Å². The van der Waals surface area contributed by atoms with E-state index in [-0.39, 0.29) is 0 Å². The summed E-state index contributed by atoms with van der Waals surface area (Å²) < 4.78 is 0. The summed E-state index contributed by atoms with van der Waals surface area (Å²) in [6.45, 7) is 13.3. The van der Waals surface area contributed by atoms with Crippen molar-refractivity contribution in [2.24, 2.45) is 23.2 Å². The minimum absolute atomic E-state index is 0.466. The molecule has 5 atom stereocenters. The first-order chi connectivity index (χ1) is 14.1. The molecule has 2 unspecified atom stereocenters. The van der Waals surface area contributed by atoms with Crippen molar-refractivity contribution in [3.8, 4) is 0 Å². The summed E-state index contributed by atoms with van der Waals surface area (Å²) in [7, 11) is 2.09. The van der Waals surface area contributed by atoms with Crippen LogP contribution in [0, 0.1) is 23.2 Å². The summed E-state index contributed by atoms with van der Waals surface area (Å²) in [4.78, 5) is 0. The second-order valence-corrected chi connectivity index (χ2v) is 11.5. The Balaban J connectivity index is 1.68. The third-order valence-electron chi connectivity index (χ3n) is 8.79. The predicted octanol–water partition coefficient (Wildman–Crippen LogP) is 6.96. The van der Waals surface area contributed by atoms with Gasteiger partial charge in [-0.15, -0.1) is 0 Å². The summed E-state index contributed by atoms with van der Waals surface area (Å²) >= 11 is 0. The topological polar surface area (TPSA) is 32.3 Å². The quantitative estimate of drug-likeness (QED) is 0.473. The van der Waals surface area contributed by atoms with Crippen LogP contribution in [0.2, 0.25) is 0 Å². The molecule has 2 N–H and O–H groups in total. The van der Waals surface area contributed by atoms with Crippen molar-refractivity contribution < 1.29 is 5.11 Å². The fourth-order valence-electron chi connectivity index (χ4n) is 6.93. The Hall–Kier alpha value is -0.860. The normalized spacial score (nSPS) is 36.3. The molecule has 2 nitrogen and oxygen atoms in total. The van der Waals surface area contributed by atoms with Crippen molar-refractivity contribution in [3.63, 3.8) is 0 Å². The Morgan fingerprint density at radius 1 is 1.23 bits per heavy atom. The fourth-order valence-corrected chi connectivity index (χ4v) is 6.93. The first kappa shape index (κ1) is 23.8. The fraction of sp³-hybridized carbons (Fsp3) is 0.786. The maximum atomic E-state index is 10.1. The monoisotopic (exact) mass is 413 g/mol. The summed E-state index contributed by atoms with van der Waals surface area (Å²) in [5.74, 6) is 2.36. The molecule has 0 radical (unpaired) electrons. The van der Waals surface area contributed by atoms with E-state index in [0.717, 1.165) is 43.4 Å². The Morgan fingerprint density at radius 3 is 2.70 bits per heavy atom. The van der Waals surface area contributed by atoms with E-state index in [4.69, 9.17) is 0 Å². The highest BCUT2D eigenvalue weighted by Crippen LogP contribution is 2.60. The molecule has 0 aromatic carbocycles. The van der Waals surface area contributed by atoms with Gasteiger partial charge in [-0.05, 0) is 107 Å². The lowest BCUT2D eigenvalue weighted by molar-refractivity contribution is 0.0597. The highest BCUT2D eigenvalue weighted by Gasteiger charge is 2.50. The zero-order valence-corrected chi connectivity index (χ0v) is 20.4. The van der Waals surface area contributed by atoms with E-state index in [2.05, 4.69) is 44.9 Å². The van der Waals surface area contributed by atoms with Gasteiger partial charge < -0.3 is 10.4 Å². The molecule has 0 heterocycles. The Kier molecular flexibility index (Phi) is 7.72. The van der Waals surface area contributed by atoms with Crippen LogP contribution in [0.4, 0.5) is 0 Å². The van der Waals surface area contributed by atoms with Crippen LogP contribution >= 0.6 is 0 Å². The number of hydrogen-bond donors (Lipinski definition) is 2. The highest BCUT2D eigenvalue weighted by atomic mass is 16.3. The standard InChI is InChI=1S/C28H47NO/c1-20-11-14-24(29-6)19-23(20)13-12-22-10-8-18-28(5)25(15-16-26(22)28)21(2)9-7-17-27(3,4)30/h12-13,21,24-26,29-30H,1,7-11,14-19H2,2-6H3/b22-12+,23-13-/t21?,24-,25-,26?,28-/m1/s1. The summed E-state index contributed by atoms with van der Waals surface area (Å²) in [6.07, 6.45) is 18.5. The van der Waals surface area contributed by atoms with Gasteiger partial charge >= 0.3 is 0 Å². The summed E-state index contributed by atoms with van der Waals surface area (Å²) in [5.41, 5.74) is 4.47. The van der Waals surface area contributed by atoms with E-state index in [0.29, 0.717) is 11.5 Å². The maximum absolute atomic E-state index is 10.1. The van der Waals surface area contributed by atoms with Crippen molar-refractivity contribution >= 4 is 0 Å². The van der Waals surface area contributed by atoms with E-state index in [1.54, 1.807) is 5.57 Å². The van der Waals surface area contributed by atoms with Crippen LogP contribution in [0.5, 0.6) is 0 Å². The minimum Gasteiger partial charge on any atom is -0.390 e. The molecule has 0 bridgehead atoms. The highest BCUT2D eigenvalue weighted by molar-refractivity contribution is 5.36. The van der Waals surface area contributed by atoms with Gasteiger partial charge in [0.2, 0.25) is 0 Å². The van der Waals surface area contributed by atoms with E-state index < -0.39 is 5.60 Å². The first-order valence-corrected chi connectivity index (χ1v) is 12.6. The van der Waals surface area contributed by atoms with Gasteiger partial charge in [-0.3, -0.25) is 0 Å². The number of allylic oxidation sites excluding steroid dienone is 4. The molecule has 3 aliphatic carbocycles. The lowest BCUT2D eigenvalue weighted by atomic mass is 9.60. The molecule has 0 aromatic rings. The molecular weight excluding hydrogens is 366 g/mol. The van der Waals surface area contributed by atoms with Crippen LogP contribution in [0.1, 0.15) is 98.3 Å². The first-order valence-electron chi connectivity index (χ1n) is 12.6. The smallest absolute Gasteiger partial charge is 0.0591 e. The number of aliphatic hydroxyl groups is 1. The van der Waals surface area contributed by atoms with Gasteiger partial charge in [-0.1, -0.05) is 56.6 Å². The number of hydrogen-bond acceptors (Lipinski definition) is 2. The van der Waals surface area contributed by atoms with Gasteiger partial charge in [0.25, 0.3) is 0 Å². The second-order valence-electron chi connectivity index (χ2n) is 11.5. The van der Waals surface area contributed by atoms with Gasteiger partial charge in [0, 0.05) is 6.04 Å². The largest absolute Gasteiger partial charge is 0.390 e. The van der Waals surface area contributed by atoms with Crippen LogP contribution in [0.15, 0.2) is 35.5 Å². The Morgan fingerprint density at radius 2 is 2.00 bits per heavy atom. The Labute approximate surface area is 186 Å². The molecule has 2 heteroatoms. The summed E-state index contributed by atoms with van der Waals surface area (Å²) in [6, 6.07) is 0.609. The molecule has 0 saturated heterocycles. The molecule has 30 heavy (non-hydrogen) atoms. The van der Waals surface area contributed by atoms with Crippen LogP contribution < -0.4 is 5.32 Å². The predicted molar refractivity (Wildman–Crippen MR) is 129 cm³/mol. The van der Waals surface area contributed by atoms with Gasteiger partial charge in [0.1, 0.15) is 0 Å². The third-order valence-corrected chi connectivity index (χ3v) is 8.79. The molecule has 0 spiro atoms. The lowest BCUT2D eigenvalue weighted by Crippen LogP contribution is -2.36. The molecule has 3 saturated carbocycles. The molecular formula is C28H47NO. The molecule has 170 valence electrons. The van der Waals surface area contributed by atoms with Crippen molar-refractivity contribution in [1.29, 1.82) is 0 Å². The number of nitrogens with one attached hydrogen (secondary N) is 1. The van der Waals surface area contributed by atoms with Gasteiger partial charge in [0.05, 0.1) is 5.60 Å². The molecule has 3 rings (SSSR count). The number of rotatable bonds is 7. The lowest BCUT2D eigenvalue weighted by Gasteiger charge is -2.44. The molecule has 3 fully saturated rings. The van der Waals surface area contributed by atoms with Crippen LogP contribution in [0.25, 0.3) is 0 Å². The zero-order valence-electron chi connectivity index (χ0n) is 20.4. The van der Waals surface area contributed by atoms with Crippen LogP contribution in [-0.4, -0.2) is 23.8 Å². The number of fused-ring (bicyclic) bond motifs is 1. The van der Waals surface area contributed by atoms with Crippen molar-refractivity contribution in [2.45, 2.75) is 110 Å². The average Bonchev–Trinajstić information content (AvgIpc) is 3.04. The average molecular weight is 414 g/mol. The van der Waals surface area contributed by atoms with Crippen LogP contribution in [0.3, 0.4) is 0 Å². The van der Waals surface area contributed by atoms with Gasteiger partial charge in [-0.25, -0.2) is 0 Å². The van der Waals surface area contributed by atoms with E-state index >= 15 is 0 Å². The second kappa shape index (κ2) is 9.74. The van der Waals surface area contributed by atoms with Gasteiger partial charge in [0.15, 0.2) is 0 Å². The van der Waals surface area contributed by atoms with Crippen molar-refractivity contribution in [1.82, 2.24) is 5.32 Å². The van der Waals surface area contributed by atoms with E-state index in [1.165, 1.54) is 56.1 Å². The minimum atomic E-state index is -0.522. The molecule has 0 aliphatic heterocycles. The Bertz CT molecular complexity index is 667. The molecule has 0 amide bonds. The zero-order chi connectivity index (χ0) is 21.9. The van der Waals surface area contributed by atoms with Crippen molar-refractivity contribution in [2.75, 3.05) is 7.05 Å². The van der Waals surface area contributed by atoms with E-state index in [9.17, 15) is 5.11 Å².